The second kappa shape index (κ2) is 6.99. The molecule has 1 heterocycles. The van der Waals surface area contributed by atoms with Gasteiger partial charge in [0.15, 0.2) is 0 Å². The van der Waals surface area contributed by atoms with Gasteiger partial charge in [-0.2, -0.15) is 0 Å². The Bertz CT molecular complexity index is 975. The van der Waals surface area contributed by atoms with E-state index in [-0.39, 0.29) is 34.9 Å². The van der Waals surface area contributed by atoms with Crippen LogP contribution in [0, 0.1) is 23.5 Å². The predicted octanol–water partition coefficient (Wildman–Crippen LogP) is 3.67. The molecule has 3 amide bonds. The normalized spacial score (nSPS) is 21.0. The zero-order valence-corrected chi connectivity index (χ0v) is 14.7. The van der Waals surface area contributed by atoms with E-state index < -0.39 is 17.5 Å². The first-order valence-electron chi connectivity index (χ1n) is 8.85. The molecule has 1 aliphatic carbocycles. The third-order valence-corrected chi connectivity index (χ3v) is 5.07. The van der Waals surface area contributed by atoms with Crippen LogP contribution in [0.5, 0.6) is 0 Å². The SMILES string of the molecule is O=C(Nc1ccc(F)cc1F)c1ccc(N2C(=O)C3CC=CCC3C2=O)cc1. The van der Waals surface area contributed by atoms with Crippen LogP contribution in [0.3, 0.4) is 0 Å². The maximum absolute atomic E-state index is 13.7. The Labute approximate surface area is 159 Å². The van der Waals surface area contributed by atoms with E-state index in [9.17, 15) is 23.2 Å². The lowest BCUT2D eigenvalue weighted by Crippen LogP contribution is -2.30. The van der Waals surface area contributed by atoms with E-state index in [2.05, 4.69) is 5.32 Å². The van der Waals surface area contributed by atoms with Crippen LogP contribution in [-0.2, 0) is 9.59 Å². The molecule has 1 N–H and O–H groups in total. The highest BCUT2D eigenvalue weighted by Gasteiger charge is 2.47. The summed E-state index contributed by atoms with van der Waals surface area (Å²) in [6.07, 6.45) is 4.93. The lowest BCUT2D eigenvalue weighted by atomic mass is 9.85. The number of hydrogen-bond donors (Lipinski definition) is 1. The van der Waals surface area contributed by atoms with E-state index in [1.165, 1.54) is 29.2 Å². The molecule has 4 rings (SSSR count). The summed E-state index contributed by atoms with van der Waals surface area (Å²) in [5.41, 5.74) is 0.469. The van der Waals surface area contributed by atoms with Gasteiger partial charge in [-0.15, -0.1) is 0 Å². The van der Waals surface area contributed by atoms with Crippen molar-refractivity contribution in [3.8, 4) is 0 Å². The summed E-state index contributed by atoms with van der Waals surface area (Å²) in [6, 6.07) is 8.78. The van der Waals surface area contributed by atoms with E-state index in [4.69, 9.17) is 0 Å². The third-order valence-electron chi connectivity index (χ3n) is 5.07. The first-order chi connectivity index (χ1) is 13.5. The van der Waals surface area contributed by atoms with Crippen molar-refractivity contribution < 1.29 is 23.2 Å². The van der Waals surface area contributed by atoms with Gasteiger partial charge in [0.2, 0.25) is 11.8 Å². The van der Waals surface area contributed by atoms with E-state index in [0.717, 1.165) is 12.1 Å². The smallest absolute Gasteiger partial charge is 0.255 e. The molecule has 1 saturated heterocycles. The Kier molecular flexibility index (Phi) is 4.50. The lowest BCUT2D eigenvalue weighted by molar-refractivity contribution is -0.122. The van der Waals surface area contributed by atoms with Crippen LogP contribution >= 0.6 is 0 Å². The molecule has 28 heavy (non-hydrogen) atoms. The molecule has 0 radical (unpaired) electrons. The van der Waals surface area contributed by atoms with E-state index in [1.807, 2.05) is 12.2 Å². The molecule has 1 fully saturated rings. The molecule has 2 aromatic carbocycles. The average Bonchev–Trinajstić information content (AvgIpc) is 2.95. The number of carbonyl (C=O) groups excluding carboxylic acids is 3. The first-order valence-corrected chi connectivity index (χ1v) is 8.85. The number of hydrogen-bond acceptors (Lipinski definition) is 3. The van der Waals surface area contributed by atoms with Crippen LogP contribution in [0.4, 0.5) is 20.2 Å². The Morgan fingerprint density at radius 3 is 2.11 bits per heavy atom. The number of allylic oxidation sites excluding steroid dienone is 2. The summed E-state index contributed by atoms with van der Waals surface area (Å²) in [5, 5.41) is 2.36. The van der Waals surface area contributed by atoms with Crippen LogP contribution in [0.15, 0.2) is 54.6 Å². The summed E-state index contributed by atoms with van der Waals surface area (Å²) in [7, 11) is 0. The number of rotatable bonds is 3. The maximum Gasteiger partial charge on any atom is 0.255 e. The quantitative estimate of drug-likeness (QED) is 0.651. The zero-order valence-electron chi connectivity index (χ0n) is 14.7. The number of fused-ring (bicyclic) bond motifs is 1. The molecule has 2 unspecified atom stereocenters. The van der Waals surface area contributed by atoms with Crippen molar-refractivity contribution in [2.24, 2.45) is 11.8 Å². The number of nitrogens with one attached hydrogen (secondary N) is 1. The molecule has 7 heteroatoms. The number of amides is 3. The van der Waals surface area contributed by atoms with Crippen molar-refractivity contribution >= 4 is 29.1 Å². The minimum Gasteiger partial charge on any atom is -0.319 e. The van der Waals surface area contributed by atoms with Crippen LogP contribution in [0.25, 0.3) is 0 Å². The van der Waals surface area contributed by atoms with Crippen LogP contribution < -0.4 is 10.2 Å². The van der Waals surface area contributed by atoms with Gasteiger partial charge in [0.25, 0.3) is 5.91 Å². The van der Waals surface area contributed by atoms with Gasteiger partial charge in [0, 0.05) is 11.6 Å². The number of carbonyl (C=O) groups is 3. The minimum atomic E-state index is -0.880. The highest BCUT2D eigenvalue weighted by molar-refractivity contribution is 6.22. The van der Waals surface area contributed by atoms with E-state index in [0.29, 0.717) is 24.6 Å². The van der Waals surface area contributed by atoms with Crippen LogP contribution in [0.2, 0.25) is 0 Å². The van der Waals surface area contributed by atoms with Gasteiger partial charge in [0.1, 0.15) is 11.6 Å². The summed E-state index contributed by atoms with van der Waals surface area (Å²) in [5.74, 6) is -3.34. The number of anilines is 2. The topological polar surface area (TPSA) is 66.5 Å². The molecular formula is C21H16F2N2O3. The molecule has 2 aliphatic rings. The fraction of sp³-hybridized carbons (Fsp3) is 0.190. The molecule has 0 aromatic heterocycles. The van der Waals surface area contributed by atoms with Gasteiger partial charge >= 0.3 is 0 Å². The highest BCUT2D eigenvalue weighted by Crippen LogP contribution is 2.37. The summed E-state index contributed by atoms with van der Waals surface area (Å²) in [4.78, 5) is 38.7. The average molecular weight is 382 g/mol. The number of benzene rings is 2. The van der Waals surface area contributed by atoms with Crippen molar-refractivity contribution in [1.82, 2.24) is 0 Å². The standard InChI is InChI=1S/C21H16F2N2O3/c22-13-7-10-18(17(23)11-13)24-19(26)12-5-8-14(9-6-12)25-20(27)15-3-1-2-4-16(15)21(25)28/h1-2,5-11,15-16H,3-4H2,(H,24,26). The lowest BCUT2D eigenvalue weighted by Gasteiger charge is -2.15. The van der Waals surface area contributed by atoms with Crippen LogP contribution in [0.1, 0.15) is 23.2 Å². The van der Waals surface area contributed by atoms with Gasteiger partial charge in [0.05, 0.1) is 23.2 Å². The summed E-state index contributed by atoms with van der Waals surface area (Å²) < 4.78 is 26.6. The fourth-order valence-electron chi connectivity index (χ4n) is 3.60. The van der Waals surface area contributed by atoms with Gasteiger partial charge < -0.3 is 5.32 Å². The van der Waals surface area contributed by atoms with Crippen LogP contribution in [-0.4, -0.2) is 17.7 Å². The van der Waals surface area contributed by atoms with Gasteiger partial charge in [-0.05, 0) is 49.2 Å². The number of imide groups is 1. The Balaban J connectivity index is 1.52. The minimum absolute atomic E-state index is 0.142. The monoisotopic (exact) mass is 382 g/mol. The van der Waals surface area contributed by atoms with Crippen molar-refractivity contribution in [2.75, 3.05) is 10.2 Å². The molecule has 0 bridgehead atoms. The Morgan fingerprint density at radius 2 is 1.54 bits per heavy atom. The molecular weight excluding hydrogens is 366 g/mol. The molecule has 5 nitrogen and oxygen atoms in total. The molecule has 0 spiro atoms. The fourth-order valence-corrected chi connectivity index (χ4v) is 3.60. The van der Waals surface area contributed by atoms with Gasteiger partial charge in [-0.1, -0.05) is 12.2 Å². The van der Waals surface area contributed by atoms with Gasteiger partial charge in [-0.25, -0.2) is 8.78 Å². The second-order valence-corrected chi connectivity index (χ2v) is 6.79. The predicted molar refractivity (Wildman–Crippen MR) is 98.6 cm³/mol. The maximum atomic E-state index is 13.7. The molecule has 0 saturated carbocycles. The Morgan fingerprint density at radius 1 is 0.929 bits per heavy atom. The highest BCUT2D eigenvalue weighted by atomic mass is 19.1. The van der Waals surface area contributed by atoms with Crippen molar-refractivity contribution in [3.05, 3.63) is 71.8 Å². The molecule has 2 aromatic rings. The molecule has 1 aliphatic heterocycles. The van der Waals surface area contributed by atoms with Crippen molar-refractivity contribution in [3.63, 3.8) is 0 Å². The molecule has 142 valence electrons. The summed E-state index contributed by atoms with van der Waals surface area (Å²) >= 11 is 0. The molecule has 2 atom stereocenters. The zero-order chi connectivity index (χ0) is 19.8. The van der Waals surface area contributed by atoms with Gasteiger partial charge in [-0.3, -0.25) is 19.3 Å². The third kappa shape index (κ3) is 3.09. The first kappa shape index (κ1) is 18.0. The number of nitrogens with zero attached hydrogens (tertiary/aromatic N) is 1. The number of halogens is 2. The summed E-state index contributed by atoms with van der Waals surface area (Å²) in [6.45, 7) is 0. The van der Waals surface area contributed by atoms with E-state index >= 15 is 0 Å². The van der Waals surface area contributed by atoms with Crippen molar-refractivity contribution in [2.45, 2.75) is 12.8 Å². The second-order valence-electron chi connectivity index (χ2n) is 6.79. The Hall–Kier alpha value is -3.35. The van der Waals surface area contributed by atoms with Crippen molar-refractivity contribution in [1.29, 1.82) is 0 Å². The van der Waals surface area contributed by atoms with E-state index in [1.54, 1.807) is 0 Å². The largest absolute Gasteiger partial charge is 0.319 e.